The summed E-state index contributed by atoms with van der Waals surface area (Å²) in [6.07, 6.45) is 0.0536. The number of hydrogen-bond acceptors (Lipinski definition) is 2. The van der Waals surface area contributed by atoms with Gasteiger partial charge in [-0.25, -0.2) is 0 Å². The van der Waals surface area contributed by atoms with Gasteiger partial charge in [0, 0.05) is 13.1 Å². The third-order valence-electron chi connectivity index (χ3n) is 2.88. The fourth-order valence-corrected chi connectivity index (χ4v) is 2.76. The largest absolute Gasteiger partial charge is 0.372 e. The summed E-state index contributed by atoms with van der Waals surface area (Å²) in [5.74, 6) is -0.132. The first-order valence-electron chi connectivity index (χ1n) is 5.87. The van der Waals surface area contributed by atoms with Gasteiger partial charge in [-0.05, 0) is 26.0 Å². The highest BCUT2D eigenvalue weighted by molar-refractivity contribution is 6.39. The Morgan fingerprint density at radius 1 is 1.22 bits per heavy atom. The van der Waals surface area contributed by atoms with E-state index in [0.29, 0.717) is 28.7 Å². The molecule has 0 N–H and O–H groups in total. The molecule has 1 aliphatic heterocycles. The van der Waals surface area contributed by atoms with Gasteiger partial charge < -0.3 is 9.64 Å². The van der Waals surface area contributed by atoms with Crippen LogP contribution in [0.5, 0.6) is 0 Å². The van der Waals surface area contributed by atoms with Crippen LogP contribution < -0.4 is 0 Å². The number of carbonyl (C=O) groups is 1. The van der Waals surface area contributed by atoms with Crippen LogP contribution in [0.2, 0.25) is 10.0 Å². The molecular weight excluding hydrogens is 273 g/mol. The zero-order valence-corrected chi connectivity index (χ0v) is 11.8. The Morgan fingerprint density at radius 3 is 2.22 bits per heavy atom. The topological polar surface area (TPSA) is 29.5 Å². The van der Waals surface area contributed by atoms with E-state index in [1.807, 2.05) is 13.8 Å². The van der Waals surface area contributed by atoms with Crippen molar-refractivity contribution in [2.24, 2.45) is 0 Å². The molecular formula is C13H15Cl2NO2. The third-order valence-corrected chi connectivity index (χ3v) is 3.51. The van der Waals surface area contributed by atoms with Crippen molar-refractivity contribution in [3.63, 3.8) is 0 Å². The van der Waals surface area contributed by atoms with E-state index in [4.69, 9.17) is 27.9 Å². The second kappa shape index (κ2) is 5.47. The maximum Gasteiger partial charge on any atom is 0.257 e. The van der Waals surface area contributed by atoms with Crippen molar-refractivity contribution >= 4 is 29.1 Å². The first-order chi connectivity index (χ1) is 8.49. The Labute approximate surface area is 117 Å². The van der Waals surface area contributed by atoms with E-state index in [2.05, 4.69) is 0 Å². The summed E-state index contributed by atoms with van der Waals surface area (Å²) in [6, 6.07) is 5.08. The van der Waals surface area contributed by atoms with Crippen molar-refractivity contribution in [1.29, 1.82) is 0 Å². The van der Waals surface area contributed by atoms with Gasteiger partial charge in [-0.15, -0.1) is 0 Å². The molecule has 1 aromatic carbocycles. The Bertz CT molecular complexity index is 434. The van der Waals surface area contributed by atoms with E-state index < -0.39 is 0 Å². The second-order valence-electron chi connectivity index (χ2n) is 4.56. The van der Waals surface area contributed by atoms with Crippen LogP contribution in [-0.2, 0) is 4.74 Å². The molecule has 1 saturated heterocycles. The number of morpholine rings is 1. The van der Waals surface area contributed by atoms with Crippen LogP contribution in [0.4, 0.5) is 0 Å². The summed E-state index contributed by atoms with van der Waals surface area (Å²) in [6.45, 7) is 5.02. The molecule has 1 aliphatic rings. The molecule has 5 heteroatoms. The highest BCUT2D eigenvalue weighted by Crippen LogP contribution is 2.26. The monoisotopic (exact) mass is 287 g/mol. The predicted molar refractivity (Wildman–Crippen MR) is 72.4 cm³/mol. The van der Waals surface area contributed by atoms with Gasteiger partial charge in [0.05, 0.1) is 27.8 Å². The van der Waals surface area contributed by atoms with Crippen LogP contribution in [0.3, 0.4) is 0 Å². The molecule has 2 unspecified atom stereocenters. The number of benzene rings is 1. The second-order valence-corrected chi connectivity index (χ2v) is 5.38. The van der Waals surface area contributed by atoms with Gasteiger partial charge >= 0.3 is 0 Å². The number of ether oxygens (including phenoxy) is 1. The van der Waals surface area contributed by atoms with E-state index in [0.717, 1.165) is 0 Å². The van der Waals surface area contributed by atoms with E-state index in [1.165, 1.54) is 0 Å². The number of hydrogen-bond donors (Lipinski definition) is 0. The summed E-state index contributed by atoms with van der Waals surface area (Å²) in [5.41, 5.74) is 0.377. The average molecular weight is 288 g/mol. The zero-order chi connectivity index (χ0) is 13.3. The molecule has 2 atom stereocenters. The molecule has 0 radical (unpaired) electrons. The molecule has 0 aromatic heterocycles. The van der Waals surface area contributed by atoms with Gasteiger partial charge in [0.15, 0.2) is 0 Å². The molecule has 3 nitrogen and oxygen atoms in total. The molecule has 1 aromatic rings. The van der Waals surface area contributed by atoms with Gasteiger partial charge in [-0.1, -0.05) is 29.3 Å². The Kier molecular flexibility index (Phi) is 4.15. The standard InChI is InChI=1S/C13H15Cl2NO2/c1-8-6-16(7-9(2)18-8)13(17)12-10(14)4-3-5-11(12)15/h3-5,8-9H,6-7H2,1-2H3. The third kappa shape index (κ3) is 2.79. The minimum absolute atomic E-state index is 0.0268. The molecule has 2 rings (SSSR count). The summed E-state index contributed by atoms with van der Waals surface area (Å²) in [4.78, 5) is 14.2. The summed E-state index contributed by atoms with van der Waals surface area (Å²) < 4.78 is 5.60. The highest BCUT2D eigenvalue weighted by Gasteiger charge is 2.28. The fourth-order valence-electron chi connectivity index (χ4n) is 2.20. The lowest BCUT2D eigenvalue weighted by Gasteiger charge is -2.35. The first-order valence-corrected chi connectivity index (χ1v) is 6.63. The van der Waals surface area contributed by atoms with Crippen molar-refractivity contribution in [3.8, 4) is 0 Å². The van der Waals surface area contributed by atoms with Crippen molar-refractivity contribution in [1.82, 2.24) is 4.90 Å². The minimum atomic E-state index is -0.132. The molecule has 98 valence electrons. The van der Waals surface area contributed by atoms with E-state index in [9.17, 15) is 4.79 Å². The van der Waals surface area contributed by atoms with Crippen molar-refractivity contribution < 1.29 is 9.53 Å². The quantitative estimate of drug-likeness (QED) is 0.794. The average Bonchev–Trinajstić information content (AvgIpc) is 2.27. The summed E-state index contributed by atoms with van der Waals surface area (Å²) in [7, 11) is 0. The van der Waals surface area contributed by atoms with Crippen LogP contribution in [0.25, 0.3) is 0 Å². The number of carbonyl (C=O) groups excluding carboxylic acids is 1. The van der Waals surface area contributed by atoms with Crippen LogP contribution in [0.15, 0.2) is 18.2 Å². The van der Waals surface area contributed by atoms with Crippen molar-refractivity contribution in [3.05, 3.63) is 33.8 Å². The van der Waals surface area contributed by atoms with Gasteiger partial charge in [0.25, 0.3) is 5.91 Å². The van der Waals surface area contributed by atoms with Crippen LogP contribution in [-0.4, -0.2) is 36.1 Å². The lowest BCUT2D eigenvalue weighted by molar-refractivity contribution is -0.0586. The van der Waals surface area contributed by atoms with Gasteiger partial charge in [0.2, 0.25) is 0 Å². The van der Waals surface area contributed by atoms with Crippen LogP contribution in [0.1, 0.15) is 24.2 Å². The summed E-state index contributed by atoms with van der Waals surface area (Å²) >= 11 is 12.1. The predicted octanol–water partition coefficient (Wildman–Crippen LogP) is 3.24. The maximum absolute atomic E-state index is 12.4. The van der Waals surface area contributed by atoms with Gasteiger partial charge in [-0.2, -0.15) is 0 Å². The summed E-state index contributed by atoms with van der Waals surface area (Å²) in [5, 5.41) is 0.776. The fraction of sp³-hybridized carbons (Fsp3) is 0.462. The Morgan fingerprint density at radius 2 is 1.72 bits per heavy atom. The lowest BCUT2D eigenvalue weighted by Crippen LogP contribution is -2.48. The molecule has 1 amide bonds. The van der Waals surface area contributed by atoms with Crippen molar-refractivity contribution in [2.75, 3.05) is 13.1 Å². The maximum atomic E-state index is 12.4. The molecule has 0 spiro atoms. The van der Waals surface area contributed by atoms with Crippen LogP contribution >= 0.6 is 23.2 Å². The lowest BCUT2D eigenvalue weighted by atomic mass is 10.1. The smallest absolute Gasteiger partial charge is 0.257 e. The molecule has 0 bridgehead atoms. The van der Waals surface area contributed by atoms with Crippen molar-refractivity contribution in [2.45, 2.75) is 26.1 Å². The number of rotatable bonds is 1. The highest BCUT2D eigenvalue weighted by atomic mass is 35.5. The number of nitrogens with zero attached hydrogens (tertiary/aromatic N) is 1. The van der Waals surface area contributed by atoms with E-state index >= 15 is 0 Å². The SMILES string of the molecule is CC1CN(C(=O)c2c(Cl)cccc2Cl)CC(C)O1. The van der Waals surface area contributed by atoms with E-state index in [1.54, 1.807) is 23.1 Å². The molecule has 18 heavy (non-hydrogen) atoms. The molecule has 1 heterocycles. The van der Waals surface area contributed by atoms with Crippen LogP contribution in [0, 0.1) is 0 Å². The normalized spacial score (nSPS) is 24.1. The minimum Gasteiger partial charge on any atom is -0.372 e. The molecule has 0 saturated carbocycles. The Hall–Kier alpha value is -0.770. The number of amides is 1. The first kappa shape index (κ1) is 13.7. The van der Waals surface area contributed by atoms with Gasteiger partial charge in [0.1, 0.15) is 0 Å². The Balaban J connectivity index is 2.26. The zero-order valence-electron chi connectivity index (χ0n) is 10.3. The number of halogens is 2. The van der Waals surface area contributed by atoms with E-state index in [-0.39, 0.29) is 18.1 Å². The molecule has 1 fully saturated rings. The van der Waals surface area contributed by atoms with Gasteiger partial charge in [-0.3, -0.25) is 4.79 Å². The molecule has 0 aliphatic carbocycles.